The fourth-order valence-electron chi connectivity index (χ4n) is 1.45. The van der Waals surface area contributed by atoms with Gasteiger partial charge in [-0.2, -0.15) is 0 Å². The second-order valence-corrected chi connectivity index (χ2v) is 3.95. The molecule has 0 spiro atoms. The lowest BCUT2D eigenvalue weighted by Gasteiger charge is -2.18. The van der Waals surface area contributed by atoms with Crippen LogP contribution in [0.25, 0.3) is 0 Å². The molecule has 0 aliphatic carbocycles. The highest BCUT2D eigenvalue weighted by Crippen LogP contribution is 2.12. The Morgan fingerprint density at radius 2 is 2.21 bits per heavy atom. The van der Waals surface area contributed by atoms with Crippen molar-refractivity contribution < 1.29 is 19.4 Å². The number of aliphatic carboxylic acids is 1. The van der Waals surface area contributed by atoms with Gasteiger partial charge in [0.1, 0.15) is 12.3 Å². The first-order valence-electron chi connectivity index (χ1n) is 5.65. The molecule has 0 aromatic heterocycles. The Morgan fingerprint density at radius 1 is 1.47 bits per heavy atom. The second kappa shape index (κ2) is 7.07. The minimum atomic E-state index is -1.11. The number of benzene rings is 1. The minimum absolute atomic E-state index is 0.0533. The number of rotatable bonds is 6. The molecule has 0 bridgehead atoms. The van der Waals surface area contributed by atoms with Gasteiger partial charge < -0.3 is 14.7 Å². The first kappa shape index (κ1) is 14.6. The van der Waals surface area contributed by atoms with E-state index in [-0.39, 0.29) is 13.2 Å². The van der Waals surface area contributed by atoms with Gasteiger partial charge in [0.25, 0.3) is 5.91 Å². The highest BCUT2D eigenvalue weighted by Gasteiger charge is 2.16. The monoisotopic (exact) mass is 261 g/mol. The van der Waals surface area contributed by atoms with Gasteiger partial charge in [-0.1, -0.05) is 18.1 Å². The van der Waals surface area contributed by atoms with Gasteiger partial charge in [0.05, 0.1) is 6.54 Å². The largest absolute Gasteiger partial charge is 0.484 e. The normalized spacial score (nSPS) is 9.47. The summed E-state index contributed by atoms with van der Waals surface area (Å²) in [4.78, 5) is 23.4. The molecule has 5 nitrogen and oxygen atoms in total. The number of terminal acetylenes is 1. The van der Waals surface area contributed by atoms with E-state index in [1.807, 2.05) is 19.1 Å². The van der Waals surface area contributed by atoms with E-state index in [9.17, 15) is 9.59 Å². The van der Waals surface area contributed by atoms with Crippen LogP contribution in [0.2, 0.25) is 0 Å². The van der Waals surface area contributed by atoms with Crippen molar-refractivity contribution >= 4 is 11.9 Å². The molecule has 0 aliphatic rings. The molecule has 5 heteroatoms. The average molecular weight is 261 g/mol. The summed E-state index contributed by atoms with van der Waals surface area (Å²) in [6, 6.07) is 7.23. The Hall–Kier alpha value is -2.48. The number of ether oxygens (including phenoxy) is 1. The highest BCUT2D eigenvalue weighted by molar-refractivity contribution is 5.82. The average Bonchev–Trinajstić information content (AvgIpc) is 2.35. The van der Waals surface area contributed by atoms with E-state index in [0.29, 0.717) is 5.75 Å². The van der Waals surface area contributed by atoms with Gasteiger partial charge in [-0.15, -0.1) is 6.42 Å². The molecular formula is C14H15NO4. The van der Waals surface area contributed by atoms with E-state index in [0.717, 1.165) is 10.5 Å². The number of amides is 1. The van der Waals surface area contributed by atoms with E-state index in [1.165, 1.54) is 0 Å². The van der Waals surface area contributed by atoms with Crippen molar-refractivity contribution in [2.24, 2.45) is 0 Å². The molecule has 1 aromatic rings. The maximum absolute atomic E-state index is 11.8. The van der Waals surface area contributed by atoms with E-state index in [2.05, 4.69) is 5.92 Å². The van der Waals surface area contributed by atoms with Crippen molar-refractivity contribution in [3.05, 3.63) is 29.8 Å². The smallest absolute Gasteiger partial charge is 0.323 e. The predicted molar refractivity (Wildman–Crippen MR) is 69.7 cm³/mol. The number of hydrogen-bond donors (Lipinski definition) is 1. The zero-order chi connectivity index (χ0) is 14.3. The summed E-state index contributed by atoms with van der Waals surface area (Å²) in [5.41, 5.74) is 1.01. The third-order valence-electron chi connectivity index (χ3n) is 2.31. The molecule has 1 aromatic carbocycles. The summed E-state index contributed by atoms with van der Waals surface area (Å²) >= 11 is 0. The molecule has 19 heavy (non-hydrogen) atoms. The number of carboxylic acid groups (broad SMARTS) is 1. The Morgan fingerprint density at radius 3 is 2.79 bits per heavy atom. The lowest BCUT2D eigenvalue weighted by atomic mass is 10.2. The zero-order valence-corrected chi connectivity index (χ0v) is 10.6. The van der Waals surface area contributed by atoms with Gasteiger partial charge in [0.2, 0.25) is 0 Å². The molecule has 0 radical (unpaired) electrons. The molecular weight excluding hydrogens is 246 g/mol. The third kappa shape index (κ3) is 5.13. The van der Waals surface area contributed by atoms with Crippen LogP contribution in [0.5, 0.6) is 5.75 Å². The van der Waals surface area contributed by atoms with Gasteiger partial charge in [-0.25, -0.2) is 0 Å². The summed E-state index contributed by atoms with van der Waals surface area (Å²) < 4.78 is 5.30. The summed E-state index contributed by atoms with van der Waals surface area (Å²) in [7, 11) is 0. The van der Waals surface area contributed by atoms with Gasteiger partial charge in [0, 0.05) is 0 Å². The van der Waals surface area contributed by atoms with E-state index in [4.69, 9.17) is 16.3 Å². The summed E-state index contributed by atoms with van der Waals surface area (Å²) in [5.74, 6) is 1.24. The second-order valence-electron chi connectivity index (χ2n) is 3.95. The van der Waals surface area contributed by atoms with Gasteiger partial charge in [-0.05, 0) is 24.6 Å². The molecule has 1 rings (SSSR count). The zero-order valence-electron chi connectivity index (χ0n) is 10.6. The van der Waals surface area contributed by atoms with Crippen LogP contribution >= 0.6 is 0 Å². The Balaban J connectivity index is 2.57. The first-order valence-corrected chi connectivity index (χ1v) is 5.65. The van der Waals surface area contributed by atoms with Crippen LogP contribution in [-0.4, -0.2) is 41.6 Å². The lowest BCUT2D eigenvalue weighted by Crippen LogP contribution is -2.38. The van der Waals surface area contributed by atoms with Gasteiger partial charge >= 0.3 is 5.97 Å². The van der Waals surface area contributed by atoms with Crippen LogP contribution in [0, 0.1) is 19.3 Å². The number of carboxylic acids is 1. The van der Waals surface area contributed by atoms with Crippen LogP contribution in [-0.2, 0) is 9.59 Å². The van der Waals surface area contributed by atoms with Crippen LogP contribution in [0.15, 0.2) is 24.3 Å². The topological polar surface area (TPSA) is 66.8 Å². The standard InChI is InChI=1S/C14H15NO4/c1-3-7-15(9-14(17)18)13(16)10-19-12-6-4-5-11(2)8-12/h1,4-6,8H,7,9-10H2,2H3,(H,17,18). The molecule has 1 N–H and O–H groups in total. The first-order chi connectivity index (χ1) is 9.02. The van der Waals surface area contributed by atoms with Crippen LogP contribution in [0.4, 0.5) is 0 Å². The SMILES string of the molecule is C#CCN(CC(=O)O)C(=O)COc1cccc(C)c1. The molecule has 0 fully saturated rings. The number of carbonyl (C=O) groups is 2. The molecule has 0 saturated carbocycles. The van der Waals surface area contributed by atoms with Crippen LogP contribution in [0.1, 0.15) is 5.56 Å². The highest BCUT2D eigenvalue weighted by atomic mass is 16.5. The van der Waals surface area contributed by atoms with Crippen molar-refractivity contribution in [1.82, 2.24) is 4.90 Å². The van der Waals surface area contributed by atoms with Crippen molar-refractivity contribution in [3.8, 4) is 18.1 Å². The molecule has 100 valence electrons. The third-order valence-corrected chi connectivity index (χ3v) is 2.31. The summed E-state index contributed by atoms with van der Waals surface area (Å²) in [6.45, 7) is 1.19. The van der Waals surface area contributed by atoms with Gasteiger partial charge in [0.15, 0.2) is 6.61 Å². The minimum Gasteiger partial charge on any atom is -0.484 e. The number of carbonyl (C=O) groups excluding carboxylic acids is 1. The predicted octanol–water partition coefficient (Wildman–Crippen LogP) is 0.920. The molecule has 1 amide bonds. The van der Waals surface area contributed by atoms with E-state index < -0.39 is 18.4 Å². The molecule has 0 unspecified atom stereocenters. The van der Waals surface area contributed by atoms with E-state index in [1.54, 1.807) is 12.1 Å². The molecule has 0 saturated heterocycles. The van der Waals surface area contributed by atoms with Crippen molar-refractivity contribution in [2.75, 3.05) is 19.7 Å². The molecule has 0 heterocycles. The summed E-state index contributed by atoms with van der Waals surface area (Å²) in [6.07, 6.45) is 5.09. The molecule has 0 atom stereocenters. The van der Waals surface area contributed by atoms with Crippen molar-refractivity contribution in [1.29, 1.82) is 0 Å². The van der Waals surface area contributed by atoms with Gasteiger partial charge in [-0.3, -0.25) is 9.59 Å². The van der Waals surface area contributed by atoms with Crippen LogP contribution < -0.4 is 4.74 Å². The Kier molecular flexibility index (Phi) is 5.42. The maximum Gasteiger partial charge on any atom is 0.323 e. The fraction of sp³-hybridized carbons (Fsp3) is 0.286. The van der Waals surface area contributed by atoms with E-state index >= 15 is 0 Å². The number of hydrogen-bond acceptors (Lipinski definition) is 3. The van der Waals surface area contributed by atoms with Crippen molar-refractivity contribution in [3.63, 3.8) is 0 Å². The fourth-order valence-corrected chi connectivity index (χ4v) is 1.45. The summed E-state index contributed by atoms with van der Waals surface area (Å²) in [5, 5.41) is 8.68. The van der Waals surface area contributed by atoms with Crippen molar-refractivity contribution in [2.45, 2.75) is 6.92 Å². The Bertz CT molecular complexity index is 504. The van der Waals surface area contributed by atoms with Crippen LogP contribution in [0.3, 0.4) is 0 Å². The quantitative estimate of drug-likeness (QED) is 0.773. The number of aryl methyl sites for hydroxylation is 1. The molecule has 0 aliphatic heterocycles. The number of nitrogens with zero attached hydrogens (tertiary/aromatic N) is 1. The Labute approximate surface area is 111 Å². The maximum atomic E-state index is 11.8. The lowest BCUT2D eigenvalue weighted by molar-refractivity contribution is -0.144.